The van der Waals surface area contributed by atoms with Crippen molar-refractivity contribution in [3.05, 3.63) is 0 Å². The molecule has 102 valence electrons. The van der Waals surface area contributed by atoms with Gasteiger partial charge in [0.2, 0.25) is 0 Å². The van der Waals surface area contributed by atoms with E-state index < -0.39 is 12.0 Å². The van der Waals surface area contributed by atoms with Crippen LogP contribution in [-0.4, -0.2) is 52.6 Å². The molecule has 18 heavy (non-hydrogen) atoms. The number of hydrogen-bond donors (Lipinski definition) is 1. The van der Waals surface area contributed by atoms with Gasteiger partial charge in [0, 0.05) is 19.6 Å². The first-order chi connectivity index (χ1) is 8.49. The second kappa shape index (κ2) is 5.16. The van der Waals surface area contributed by atoms with E-state index in [-0.39, 0.29) is 6.03 Å². The number of likely N-dealkylation sites (tertiary alicyclic amines) is 2. The van der Waals surface area contributed by atoms with Crippen LogP contribution in [0.25, 0.3) is 0 Å². The summed E-state index contributed by atoms with van der Waals surface area (Å²) in [5.74, 6) is 0.131. The number of carbonyl (C=O) groups excluding carboxylic acids is 1. The Morgan fingerprint density at radius 3 is 2.33 bits per heavy atom. The van der Waals surface area contributed by atoms with E-state index >= 15 is 0 Å². The molecule has 2 unspecified atom stereocenters. The van der Waals surface area contributed by atoms with E-state index in [2.05, 4.69) is 13.8 Å². The number of aliphatic carboxylic acids is 1. The Kier molecular flexibility index (Phi) is 3.78. The van der Waals surface area contributed by atoms with E-state index in [1.165, 1.54) is 4.90 Å². The molecular formula is C13H22N2O3. The van der Waals surface area contributed by atoms with Crippen molar-refractivity contribution in [1.82, 2.24) is 9.80 Å². The molecule has 0 saturated carbocycles. The highest BCUT2D eigenvalue weighted by Gasteiger charge is 2.37. The monoisotopic (exact) mass is 254 g/mol. The molecule has 0 aliphatic carbocycles. The molecule has 3 atom stereocenters. The van der Waals surface area contributed by atoms with Crippen molar-refractivity contribution in [2.45, 2.75) is 39.2 Å². The minimum absolute atomic E-state index is 0.0849. The molecule has 5 heteroatoms. The van der Waals surface area contributed by atoms with Crippen LogP contribution in [-0.2, 0) is 4.79 Å². The summed E-state index contributed by atoms with van der Waals surface area (Å²) < 4.78 is 0. The second-order valence-corrected chi connectivity index (χ2v) is 5.82. The molecule has 0 bridgehead atoms. The van der Waals surface area contributed by atoms with Crippen LogP contribution in [0.5, 0.6) is 0 Å². The quantitative estimate of drug-likeness (QED) is 0.773. The molecule has 0 radical (unpaired) electrons. The molecule has 2 fully saturated rings. The molecule has 0 aromatic carbocycles. The van der Waals surface area contributed by atoms with Gasteiger partial charge in [-0.1, -0.05) is 13.8 Å². The highest BCUT2D eigenvalue weighted by atomic mass is 16.4. The number of carboxylic acids is 1. The Morgan fingerprint density at radius 1 is 1.17 bits per heavy atom. The zero-order valence-corrected chi connectivity index (χ0v) is 11.1. The van der Waals surface area contributed by atoms with Crippen LogP contribution in [0.15, 0.2) is 0 Å². The first-order valence-electron chi connectivity index (χ1n) is 6.77. The van der Waals surface area contributed by atoms with Gasteiger partial charge in [-0.05, 0) is 31.1 Å². The van der Waals surface area contributed by atoms with Gasteiger partial charge >= 0.3 is 12.0 Å². The minimum Gasteiger partial charge on any atom is -0.480 e. The van der Waals surface area contributed by atoms with Gasteiger partial charge in [0.25, 0.3) is 0 Å². The third-order valence-electron chi connectivity index (χ3n) is 3.92. The fourth-order valence-electron chi connectivity index (χ4n) is 3.25. The second-order valence-electron chi connectivity index (χ2n) is 5.82. The lowest BCUT2D eigenvalue weighted by Gasteiger charge is -2.38. The number of piperidine rings is 1. The average Bonchev–Trinajstić information content (AvgIpc) is 2.75. The molecule has 2 amide bonds. The highest BCUT2D eigenvalue weighted by molar-refractivity contribution is 5.83. The Hall–Kier alpha value is -1.26. The molecule has 5 nitrogen and oxygen atoms in total. The summed E-state index contributed by atoms with van der Waals surface area (Å²) in [5.41, 5.74) is 0. The molecule has 1 N–H and O–H groups in total. The van der Waals surface area contributed by atoms with Crippen LogP contribution in [0.3, 0.4) is 0 Å². The van der Waals surface area contributed by atoms with Gasteiger partial charge in [0.05, 0.1) is 0 Å². The van der Waals surface area contributed by atoms with Crippen molar-refractivity contribution in [2.75, 3.05) is 19.6 Å². The number of nitrogens with zero attached hydrogens (tertiary/aromatic N) is 2. The standard InChI is InChI=1S/C13H22N2O3/c1-9-6-10(2)8-14(7-9)13(18)15-5-3-4-11(15)12(16)17/h9-11H,3-8H2,1-2H3,(H,16,17)/t9?,10?,11-/m1/s1. The van der Waals surface area contributed by atoms with Crippen LogP contribution in [0.1, 0.15) is 33.1 Å². The molecule has 0 aromatic heterocycles. The topological polar surface area (TPSA) is 60.9 Å². The van der Waals surface area contributed by atoms with Crippen molar-refractivity contribution in [3.8, 4) is 0 Å². The molecule has 2 aliphatic heterocycles. The smallest absolute Gasteiger partial charge is 0.326 e. The summed E-state index contributed by atoms with van der Waals surface area (Å²) in [6.07, 6.45) is 2.52. The normalized spacial score (nSPS) is 32.7. The number of hydrogen-bond acceptors (Lipinski definition) is 2. The zero-order valence-electron chi connectivity index (χ0n) is 11.1. The molecule has 2 heterocycles. The van der Waals surface area contributed by atoms with Crippen molar-refractivity contribution in [3.63, 3.8) is 0 Å². The van der Waals surface area contributed by atoms with E-state index in [9.17, 15) is 9.59 Å². The molecule has 2 aliphatic rings. The molecular weight excluding hydrogens is 232 g/mol. The first-order valence-corrected chi connectivity index (χ1v) is 6.77. The number of carbonyl (C=O) groups is 2. The number of amides is 2. The lowest BCUT2D eigenvalue weighted by atomic mass is 9.92. The fourth-order valence-corrected chi connectivity index (χ4v) is 3.25. The van der Waals surface area contributed by atoms with E-state index in [0.29, 0.717) is 24.8 Å². The van der Waals surface area contributed by atoms with Crippen molar-refractivity contribution < 1.29 is 14.7 Å². The summed E-state index contributed by atoms with van der Waals surface area (Å²) in [6, 6.07) is -0.705. The Labute approximate surface area is 108 Å². The van der Waals surface area contributed by atoms with Gasteiger partial charge in [-0.3, -0.25) is 0 Å². The maximum Gasteiger partial charge on any atom is 0.326 e. The van der Waals surface area contributed by atoms with E-state index in [1.54, 1.807) is 0 Å². The summed E-state index contributed by atoms with van der Waals surface area (Å²) in [6.45, 7) is 6.39. The highest BCUT2D eigenvalue weighted by Crippen LogP contribution is 2.25. The van der Waals surface area contributed by atoms with E-state index in [0.717, 1.165) is 25.9 Å². The summed E-state index contributed by atoms with van der Waals surface area (Å²) in [4.78, 5) is 26.9. The van der Waals surface area contributed by atoms with Crippen LogP contribution >= 0.6 is 0 Å². The van der Waals surface area contributed by atoms with Gasteiger partial charge in [-0.25, -0.2) is 9.59 Å². The maximum absolute atomic E-state index is 12.4. The van der Waals surface area contributed by atoms with Crippen LogP contribution < -0.4 is 0 Å². The average molecular weight is 254 g/mol. The Balaban J connectivity index is 2.04. The maximum atomic E-state index is 12.4. The van der Waals surface area contributed by atoms with Gasteiger partial charge < -0.3 is 14.9 Å². The van der Waals surface area contributed by atoms with Gasteiger partial charge in [-0.2, -0.15) is 0 Å². The largest absolute Gasteiger partial charge is 0.480 e. The predicted octanol–water partition coefficient (Wildman–Crippen LogP) is 1.63. The van der Waals surface area contributed by atoms with Crippen LogP contribution in [0.2, 0.25) is 0 Å². The molecule has 2 rings (SSSR count). The minimum atomic E-state index is -0.876. The third kappa shape index (κ3) is 2.60. The summed E-state index contributed by atoms with van der Waals surface area (Å²) in [5, 5.41) is 9.12. The number of carboxylic acid groups (broad SMARTS) is 1. The van der Waals surface area contributed by atoms with Crippen molar-refractivity contribution >= 4 is 12.0 Å². The van der Waals surface area contributed by atoms with Crippen LogP contribution in [0.4, 0.5) is 4.79 Å². The van der Waals surface area contributed by atoms with Crippen LogP contribution in [0, 0.1) is 11.8 Å². The van der Waals surface area contributed by atoms with E-state index in [1.807, 2.05) is 4.90 Å². The lowest BCUT2D eigenvalue weighted by molar-refractivity contribution is -0.141. The molecule has 2 saturated heterocycles. The molecule has 0 aromatic rings. The number of urea groups is 1. The van der Waals surface area contributed by atoms with E-state index in [4.69, 9.17) is 5.11 Å². The summed E-state index contributed by atoms with van der Waals surface area (Å²) in [7, 11) is 0. The van der Waals surface area contributed by atoms with Crippen molar-refractivity contribution in [2.24, 2.45) is 11.8 Å². The lowest BCUT2D eigenvalue weighted by Crippen LogP contribution is -2.52. The zero-order chi connectivity index (χ0) is 13.3. The Bertz CT molecular complexity index is 335. The van der Waals surface area contributed by atoms with Gasteiger partial charge in [-0.15, -0.1) is 0 Å². The first kappa shape index (κ1) is 13.2. The molecule has 0 spiro atoms. The van der Waals surface area contributed by atoms with Gasteiger partial charge in [0.15, 0.2) is 0 Å². The third-order valence-corrected chi connectivity index (χ3v) is 3.92. The Morgan fingerprint density at radius 2 is 1.78 bits per heavy atom. The number of rotatable bonds is 1. The SMILES string of the molecule is CC1CC(C)CN(C(=O)N2CCC[C@@H]2C(=O)O)C1. The summed E-state index contributed by atoms with van der Waals surface area (Å²) >= 11 is 0. The van der Waals surface area contributed by atoms with Gasteiger partial charge in [0.1, 0.15) is 6.04 Å². The predicted molar refractivity (Wildman–Crippen MR) is 67.3 cm³/mol. The fraction of sp³-hybridized carbons (Fsp3) is 0.846. The van der Waals surface area contributed by atoms with Crippen molar-refractivity contribution in [1.29, 1.82) is 0 Å².